The Labute approximate surface area is 112 Å². The number of imide groups is 1. The normalized spacial score (nSPS) is 16.0. The Morgan fingerprint density at radius 3 is 2.74 bits per heavy atom. The van der Waals surface area contributed by atoms with Crippen LogP contribution in [0.5, 0.6) is 0 Å². The van der Waals surface area contributed by atoms with Gasteiger partial charge in [0.2, 0.25) is 5.91 Å². The summed E-state index contributed by atoms with van der Waals surface area (Å²) in [6.45, 7) is 0.881. The second kappa shape index (κ2) is 6.22. The number of benzene rings is 1. The number of rotatable bonds is 2. The first-order chi connectivity index (χ1) is 9.16. The summed E-state index contributed by atoms with van der Waals surface area (Å²) >= 11 is 0. The summed E-state index contributed by atoms with van der Waals surface area (Å²) in [7, 11) is 0. The smallest absolute Gasteiger partial charge is 0.324 e. The molecule has 0 saturated carbocycles. The summed E-state index contributed by atoms with van der Waals surface area (Å²) in [6, 6.07) is 6.94. The van der Waals surface area contributed by atoms with Gasteiger partial charge < -0.3 is 11.1 Å². The van der Waals surface area contributed by atoms with E-state index in [1.165, 1.54) is 4.90 Å². The number of urea groups is 1. The van der Waals surface area contributed by atoms with Crippen molar-refractivity contribution in [2.75, 3.05) is 12.3 Å². The van der Waals surface area contributed by atoms with E-state index in [-0.39, 0.29) is 11.9 Å². The van der Waals surface area contributed by atoms with Crippen LogP contribution in [0.25, 0.3) is 0 Å². The van der Waals surface area contributed by atoms with Gasteiger partial charge in [-0.05, 0) is 30.5 Å². The molecule has 1 aromatic rings. The molecule has 5 nitrogen and oxygen atoms in total. The molecule has 2 rings (SSSR count). The van der Waals surface area contributed by atoms with Crippen molar-refractivity contribution < 1.29 is 9.59 Å². The summed E-state index contributed by atoms with van der Waals surface area (Å²) in [6.07, 6.45) is 4.14. The number of carbonyl (C=O) groups excluding carboxylic acids is 2. The van der Waals surface area contributed by atoms with Crippen molar-refractivity contribution >= 4 is 17.6 Å². The third-order valence-electron chi connectivity index (χ3n) is 3.09. The van der Waals surface area contributed by atoms with E-state index in [0.29, 0.717) is 18.8 Å². The monoisotopic (exact) mass is 260 g/mol. The Morgan fingerprint density at radius 1 is 1.26 bits per heavy atom. The number of nitrogens with one attached hydrogen (secondary N) is 1. The Morgan fingerprint density at radius 2 is 2.00 bits per heavy atom. The molecule has 1 saturated heterocycles. The Balaban J connectivity index is 1.89. The predicted molar refractivity (Wildman–Crippen MR) is 73.0 cm³/mol. The lowest BCUT2D eigenvalue weighted by atomic mass is 10.2. The molecule has 0 atom stereocenters. The fourth-order valence-electron chi connectivity index (χ4n) is 1.97. The largest absolute Gasteiger partial charge is 0.399 e. The fourth-order valence-corrected chi connectivity index (χ4v) is 1.97. The van der Waals surface area contributed by atoms with Crippen LogP contribution in [0.2, 0.25) is 0 Å². The molecule has 1 radical (unpaired) electrons. The quantitative estimate of drug-likeness (QED) is 0.795. The van der Waals surface area contributed by atoms with Gasteiger partial charge in [0.25, 0.3) is 0 Å². The first-order valence-electron chi connectivity index (χ1n) is 6.44. The average molecular weight is 260 g/mol. The van der Waals surface area contributed by atoms with Crippen LogP contribution in [-0.2, 0) is 11.3 Å². The molecule has 1 heterocycles. The Kier molecular flexibility index (Phi) is 4.39. The fraction of sp³-hybridized carbons (Fsp3) is 0.357. The second-order valence-corrected chi connectivity index (χ2v) is 4.59. The van der Waals surface area contributed by atoms with Gasteiger partial charge in [0.1, 0.15) is 0 Å². The molecule has 0 unspecified atom stereocenters. The highest BCUT2D eigenvalue weighted by molar-refractivity contribution is 5.98. The molecule has 3 N–H and O–H groups in total. The minimum absolute atomic E-state index is 0.202. The number of nitrogens with zero attached hydrogens (tertiary/aromatic N) is 1. The van der Waals surface area contributed by atoms with E-state index in [9.17, 15) is 9.59 Å². The van der Waals surface area contributed by atoms with Crippen LogP contribution in [0.3, 0.4) is 0 Å². The highest BCUT2D eigenvalue weighted by Crippen LogP contribution is 2.11. The molecule has 0 aromatic heterocycles. The lowest BCUT2D eigenvalue weighted by Crippen LogP contribution is -2.43. The Hall–Kier alpha value is -2.04. The van der Waals surface area contributed by atoms with Gasteiger partial charge in [-0.2, -0.15) is 0 Å². The maximum absolute atomic E-state index is 12.0. The van der Waals surface area contributed by atoms with Crippen molar-refractivity contribution in [1.29, 1.82) is 0 Å². The standard InChI is InChI=1S/C14H18N3O2/c15-12-7-5-11(6-8-12)10-16-14(19)17-9-3-1-2-4-13(17)18/h4-8H,1-3,9-10,15H2,(H,16,19). The molecule has 101 valence electrons. The van der Waals surface area contributed by atoms with Crippen LogP contribution >= 0.6 is 0 Å². The molecule has 1 aromatic carbocycles. The van der Waals surface area contributed by atoms with Crippen molar-refractivity contribution in [2.45, 2.75) is 25.8 Å². The van der Waals surface area contributed by atoms with Gasteiger partial charge in [0, 0.05) is 18.8 Å². The maximum atomic E-state index is 12.0. The topological polar surface area (TPSA) is 75.4 Å². The number of hydrogen-bond acceptors (Lipinski definition) is 3. The molecular weight excluding hydrogens is 242 g/mol. The molecule has 19 heavy (non-hydrogen) atoms. The van der Waals surface area contributed by atoms with Gasteiger partial charge in [-0.1, -0.05) is 18.6 Å². The van der Waals surface area contributed by atoms with E-state index in [1.807, 2.05) is 12.1 Å². The lowest BCUT2D eigenvalue weighted by Gasteiger charge is -2.18. The van der Waals surface area contributed by atoms with Crippen LogP contribution in [0.4, 0.5) is 10.5 Å². The number of nitrogens with two attached hydrogens (primary N) is 1. The predicted octanol–water partition coefficient (Wildman–Crippen LogP) is 1.70. The van der Waals surface area contributed by atoms with Crippen LogP contribution in [0, 0.1) is 6.42 Å². The van der Waals surface area contributed by atoms with Crippen LogP contribution < -0.4 is 11.1 Å². The maximum Gasteiger partial charge on any atom is 0.324 e. The molecule has 1 fully saturated rings. The van der Waals surface area contributed by atoms with Gasteiger partial charge in [0.05, 0.1) is 6.42 Å². The zero-order valence-electron chi connectivity index (χ0n) is 10.8. The minimum atomic E-state index is -0.333. The van der Waals surface area contributed by atoms with E-state index < -0.39 is 0 Å². The van der Waals surface area contributed by atoms with Crippen molar-refractivity contribution in [3.05, 3.63) is 36.2 Å². The molecule has 5 heteroatoms. The molecule has 1 aliphatic rings. The first-order valence-corrected chi connectivity index (χ1v) is 6.44. The van der Waals surface area contributed by atoms with Gasteiger partial charge >= 0.3 is 6.03 Å². The highest BCUT2D eigenvalue weighted by atomic mass is 16.2. The first kappa shape index (κ1) is 13.4. The van der Waals surface area contributed by atoms with E-state index in [2.05, 4.69) is 5.32 Å². The minimum Gasteiger partial charge on any atom is -0.399 e. The third-order valence-corrected chi connectivity index (χ3v) is 3.09. The Bertz CT molecular complexity index is 456. The number of carbonyl (C=O) groups is 2. The number of likely N-dealkylation sites (tertiary alicyclic amines) is 1. The van der Waals surface area contributed by atoms with Gasteiger partial charge in [-0.15, -0.1) is 0 Å². The summed E-state index contributed by atoms with van der Waals surface area (Å²) in [5.74, 6) is -0.202. The number of nitrogen functional groups attached to an aromatic ring is 1. The van der Waals surface area contributed by atoms with Crippen LogP contribution in [0.1, 0.15) is 24.8 Å². The zero-order valence-corrected chi connectivity index (χ0v) is 10.8. The molecular formula is C14H18N3O2. The molecule has 0 spiro atoms. The molecule has 3 amide bonds. The highest BCUT2D eigenvalue weighted by Gasteiger charge is 2.22. The van der Waals surface area contributed by atoms with Crippen molar-refractivity contribution in [3.63, 3.8) is 0 Å². The SMILES string of the molecule is Nc1ccc(CNC(=O)N2CCCC[CH]C2=O)cc1. The van der Waals surface area contributed by atoms with Gasteiger partial charge in [-0.3, -0.25) is 9.69 Å². The number of hydrogen-bond donors (Lipinski definition) is 2. The molecule has 1 aliphatic heterocycles. The van der Waals surface area contributed by atoms with E-state index in [0.717, 1.165) is 24.8 Å². The summed E-state index contributed by atoms with van der Waals surface area (Å²) in [4.78, 5) is 24.9. The van der Waals surface area contributed by atoms with Crippen molar-refractivity contribution in [1.82, 2.24) is 10.2 Å². The summed E-state index contributed by atoms with van der Waals surface area (Å²) in [5, 5.41) is 2.75. The van der Waals surface area contributed by atoms with Gasteiger partial charge in [0.15, 0.2) is 0 Å². The second-order valence-electron chi connectivity index (χ2n) is 4.59. The number of amides is 3. The van der Waals surface area contributed by atoms with E-state index in [4.69, 9.17) is 5.73 Å². The van der Waals surface area contributed by atoms with E-state index in [1.54, 1.807) is 18.6 Å². The van der Waals surface area contributed by atoms with Crippen LogP contribution in [0.15, 0.2) is 24.3 Å². The lowest BCUT2D eigenvalue weighted by molar-refractivity contribution is -0.124. The summed E-state index contributed by atoms with van der Waals surface area (Å²) in [5.41, 5.74) is 7.23. The number of anilines is 1. The third kappa shape index (κ3) is 3.71. The van der Waals surface area contributed by atoms with Crippen molar-refractivity contribution in [3.8, 4) is 0 Å². The molecule has 0 bridgehead atoms. The molecule has 0 aliphatic carbocycles. The van der Waals surface area contributed by atoms with Crippen LogP contribution in [-0.4, -0.2) is 23.4 Å². The summed E-state index contributed by atoms with van der Waals surface area (Å²) < 4.78 is 0. The van der Waals surface area contributed by atoms with Gasteiger partial charge in [-0.25, -0.2) is 4.79 Å². The zero-order chi connectivity index (χ0) is 13.7. The average Bonchev–Trinajstić information content (AvgIpc) is 2.62. The van der Waals surface area contributed by atoms with E-state index >= 15 is 0 Å². The van der Waals surface area contributed by atoms with Crippen molar-refractivity contribution in [2.24, 2.45) is 0 Å².